The molecule has 19 heavy (non-hydrogen) atoms. The van der Waals surface area contributed by atoms with E-state index in [0.717, 1.165) is 25.7 Å². The summed E-state index contributed by atoms with van der Waals surface area (Å²) in [5.41, 5.74) is -0.766. The maximum Gasteiger partial charge on any atom is 0.311 e. The minimum atomic E-state index is -0.778. The number of rotatable bonds is 7. The summed E-state index contributed by atoms with van der Waals surface area (Å²) in [7, 11) is 0. The number of hydrogen-bond donors (Lipinski definition) is 2. The van der Waals surface area contributed by atoms with Gasteiger partial charge < -0.3 is 15.2 Å². The number of carboxylic acids is 1. The second-order valence-electron chi connectivity index (χ2n) is 5.22. The third-order valence-corrected chi connectivity index (χ3v) is 3.82. The molecule has 0 spiro atoms. The van der Waals surface area contributed by atoms with Crippen molar-refractivity contribution in [2.24, 2.45) is 5.41 Å². The summed E-state index contributed by atoms with van der Waals surface area (Å²) < 4.78 is 5.11. The van der Waals surface area contributed by atoms with Gasteiger partial charge in [0.2, 0.25) is 5.91 Å². The van der Waals surface area contributed by atoms with Gasteiger partial charge in [-0.2, -0.15) is 0 Å². The molecule has 0 aromatic heterocycles. The van der Waals surface area contributed by atoms with E-state index >= 15 is 0 Å². The van der Waals surface area contributed by atoms with Crippen LogP contribution in [0.3, 0.4) is 0 Å². The Balaban J connectivity index is 2.45. The molecule has 0 aliphatic heterocycles. The van der Waals surface area contributed by atoms with Gasteiger partial charge in [0.1, 0.15) is 0 Å². The summed E-state index contributed by atoms with van der Waals surface area (Å²) >= 11 is 0. The average Bonchev–Trinajstić information content (AvgIpc) is 2.63. The van der Waals surface area contributed by atoms with Crippen LogP contribution in [0.1, 0.15) is 51.9 Å². The van der Waals surface area contributed by atoms with Crippen molar-refractivity contribution in [3.63, 3.8) is 0 Å². The number of hydrogen-bond acceptors (Lipinski definition) is 3. The Morgan fingerprint density at radius 1 is 1.21 bits per heavy atom. The van der Waals surface area contributed by atoms with Gasteiger partial charge in [-0.3, -0.25) is 9.59 Å². The van der Waals surface area contributed by atoms with E-state index in [1.807, 2.05) is 6.92 Å². The molecule has 2 N–H and O–H groups in total. The molecule has 0 bridgehead atoms. The molecule has 1 fully saturated rings. The minimum absolute atomic E-state index is 0.127. The molecule has 0 radical (unpaired) electrons. The first kappa shape index (κ1) is 16.0. The Bertz CT molecular complexity index is 296. The number of carbonyl (C=O) groups excluding carboxylic acids is 1. The Labute approximate surface area is 114 Å². The largest absolute Gasteiger partial charge is 0.481 e. The summed E-state index contributed by atoms with van der Waals surface area (Å²) in [6, 6.07) is 0. The molecule has 1 aliphatic carbocycles. The fourth-order valence-electron chi connectivity index (χ4n) is 2.54. The van der Waals surface area contributed by atoms with Crippen molar-refractivity contribution in [3.8, 4) is 0 Å². The van der Waals surface area contributed by atoms with Crippen LogP contribution in [0, 0.1) is 5.41 Å². The molecular weight excluding hydrogens is 246 g/mol. The maximum atomic E-state index is 11.6. The third kappa shape index (κ3) is 5.19. The summed E-state index contributed by atoms with van der Waals surface area (Å²) in [6.07, 6.45) is 5.66. The fraction of sp³-hybridized carbons (Fsp3) is 0.857. The molecule has 1 rings (SSSR count). The van der Waals surface area contributed by atoms with Gasteiger partial charge in [0.05, 0.1) is 12.0 Å². The first-order valence-electron chi connectivity index (χ1n) is 7.18. The van der Waals surface area contributed by atoms with Gasteiger partial charge in [0.15, 0.2) is 0 Å². The van der Waals surface area contributed by atoms with Gasteiger partial charge in [0.25, 0.3) is 0 Å². The van der Waals surface area contributed by atoms with Crippen molar-refractivity contribution in [3.05, 3.63) is 0 Å². The molecule has 1 aliphatic rings. The van der Waals surface area contributed by atoms with E-state index in [4.69, 9.17) is 4.74 Å². The molecule has 1 amide bonds. The molecule has 0 aromatic rings. The second-order valence-corrected chi connectivity index (χ2v) is 5.22. The highest BCUT2D eigenvalue weighted by molar-refractivity contribution is 5.79. The number of aliphatic carboxylic acids is 1. The summed E-state index contributed by atoms with van der Waals surface area (Å²) in [5, 5.41) is 12.2. The van der Waals surface area contributed by atoms with Crippen LogP contribution in [0.15, 0.2) is 0 Å². The first-order valence-corrected chi connectivity index (χ1v) is 7.18. The molecule has 1 saturated carbocycles. The van der Waals surface area contributed by atoms with Crippen LogP contribution >= 0.6 is 0 Å². The van der Waals surface area contributed by atoms with E-state index in [1.165, 1.54) is 0 Å². The van der Waals surface area contributed by atoms with Crippen LogP contribution in [0.25, 0.3) is 0 Å². The molecule has 0 heterocycles. The zero-order valence-corrected chi connectivity index (χ0v) is 11.7. The number of amides is 1. The maximum absolute atomic E-state index is 11.6. The molecule has 5 nitrogen and oxygen atoms in total. The van der Waals surface area contributed by atoms with Crippen molar-refractivity contribution in [1.82, 2.24) is 5.32 Å². The zero-order valence-electron chi connectivity index (χ0n) is 11.7. The van der Waals surface area contributed by atoms with Crippen LogP contribution in [0.4, 0.5) is 0 Å². The molecule has 0 aromatic carbocycles. The molecule has 0 saturated heterocycles. The lowest BCUT2D eigenvalue weighted by Crippen LogP contribution is -2.43. The van der Waals surface area contributed by atoms with Crippen LogP contribution in [-0.2, 0) is 14.3 Å². The summed E-state index contributed by atoms with van der Waals surface area (Å²) in [5.74, 6) is -0.905. The minimum Gasteiger partial charge on any atom is -0.481 e. The monoisotopic (exact) mass is 271 g/mol. The zero-order chi connectivity index (χ0) is 14.1. The topological polar surface area (TPSA) is 75.6 Å². The fourth-order valence-corrected chi connectivity index (χ4v) is 2.54. The van der Waals surface area contributed by atoms with Gasteiger partial charge in [0, 0.05) is 19.6 Å². The Hall–Kier alpha value is -1.10. The van der Waals surface area contributed by atoms with Gasteiger partial charge in [-0.15, -0.1) is 0 Å². The summed E-state index contributed by atoms with van der Waals surface area (Å²) in [4.78, 5) is 23.2. The van der Waals surface area contributed by atoms with Crippen LogP contribution in [0.2, 0.25) is 0 Å². The third-order valence-electron chi connectivity index (χ3n) is 3.82. The van der Waals surface area contributed by atoms with Gasteiger partial charge in [-0.05, 0) is 19.8 Å². The van der Waals surface area contributed by atoms with Crippen LogP contribution < -0.4 is 5.32 Å². The molecule has 0 unspecified atom stereocenters. The standard InChI is InChI=1S/C14H25NO4/c1-2-19-10-7-12(16)15-11-14(13(17)18)8-5-3-4-6-9-14/h2-11H2,1H3,(H,15,16)(H,17,18). The van der Waals surface area contributed by atoms with Crippen molar-refractivity contribution < 1.29 is 19.4 Å². The number of nitrogens with one attached hydrogen (secondary N) is 1. The predicted molar refractivity (Wildman–Crippen MR) is 71.9 cm³/mol. The van der Waals surface area contributed by atoms with Gasteiger partial charge >= 0.3 is 5.97 Å². The Morgan fingerprint density at radius 3 is 2.37 bits per heavy atom. The Kier molecular flexibility index (Phi) is 6.84. The van der Waals surface area contributed by atoms with Crippen LogP contribution in [0.5, 0.6) is 0 Å². The van der Waals surface area contributed by atoms with Gasteiger partial charge in [-0.25, -0.2) is 0 Å². The van der Waals surface area contributed by atoms with Crippen molar-refractivity contribution >= 4 is 11.9 Å². The highest BCUT2D eigenvalue weighted by atomic mass is 16.5. The van der Waals surface area contributed by atoms with Crippen molar-refractivity contribution in [2.45, 2.75) is 51.9 Å². The van der Waals surface area contributed by atoms with E-state index in [-0.39, 0.29) is 12.5 Å². The lowest BCUT2D eigenvalue weighted by Gasteiger charge is -2.28. The van der Waals surface area contributed by atoms with Crippen molar-refractivity contribution in [2.75, 3.05) is 19.8 Å². The lowest BCUT2D eigenvalue weighted by molar-refractivity contribution is -0.149. The predicted octanol–water partition coefficient (Wildman–Crippen LogP) is 1.95. The number of ether oxygens (including phenoxy) is 1. The van der Waals surface area contributed by atoms with E-state index in [2.05, 4.69) is 5.32 Å². The second kappa shape index (κ2) is 8.15. The highest BCUT2D eigenvalue weighted by Gasteiger charge is 2.38. The molecule has 5 heteroatoms. The SMILES string of the molecule is CCOCCC(=O)NCC1(C(=O)O)CCCCCC1. The lowest BCUT2D eigenvalue weighted by atomic mass is 9.80. The van der Waals surface area contributed by atoms with Gasteiger partial charge in [-0.1, -0.05) is 25.7 Å². The van der Waals surface area contributed by atoms with Crippen LogP contribution in [-0.4, -0.2) is 36.7 Å². The molecule has 110 valence electrons. The first-order chi connectivity index (χ1) is 9.10. The number of carboxylic acid groups (broad SMARTS) is 1. The van der Waals surface area contributed by atoms with E-state index < -0.39 is 11.4 Å². The highest BCUT2D eigenvalue weighted by Crippen LogP contribution is 2.34. The normalized spacial score (nSPS) is 18.6. The van der Waals surface area contributed by atoms with E-state index in [1.54, 1.807) is 0 Å². The average molecular weight is 271 g/mol. The summed E-state index contributed by atoms with van der Waals surface area (Å²) in [6.45, 7) is 3.10. The Morgan fingerprint density at radius 2 is 1.84 bits per heavy atom. The van der Waals surface area contributed by atoms with E-state index in [9.17, 15) is 14.7 Å². The molecule has 0 atom stereocenters. The smallest absolute Gasteiger partial charge is 0.311 e. The van der Waals surface area contributed by atoms with Crippen molar-refractivity contribution in [1.29, 1.82) is 0 Å². The quantitative estimate of drug-likeness (QED) is 0.548. The number of carbonyl (C=O) groups is 2. The van der Waals surface area contributed by atoms with E-state index in [0.29, 0.717) is 32.5 Å². The molecular formula is C14H25NO4.